The summed E-state index contributed by atoms with van der Waals surface area (Å²) in [5.41, 5.74) is 3.92. The summed E-state index contributed by atoms with van der Waals surface area (Å²) in [6.07, 6.45) is 3.12. The molecule has 16 heavy (non-hydrogen) atoms. The lowest BCUT2D eigenvalue weighted by atomic mass is 10.0. The quantitative estimate of drug-likeness (QED) is 0.738. The van der Waals surface area contributed by atoms with Gasteiger partial charge in [-0.25, -0.2) is 0 Å². The molecule has 0 aliphatic carbocycles. The van der Waals surface area contributed by atoms with Gasteiger partial charge in [-0.1, -0.05) is 42.5 Å². The molecule has 0 fully saturated rings. The fourth-order valence-corrected chi connectivity index (χ4v) is 2.05. The van der Waals surface area contributed by atoms with Crippen LogP contribution in [0.3, 0.4) is 0 Å². The van der Waals surface area contributed by atoms with Gasteiger partial charge in [-0.2, -0.15) is 0 Å². The molecule has 79 valence electrons. The van der Waals surface area contributed by atoms with Crippen LogP contribution >= 0.6 is 0 Å². The third-order valence-electron chi connectivity index (χ3n) is 2.87. The fourth-order valence-electron chi connectivity index (χ4n) is 2.05. The van der Waals surface area contributed by atoms with Crippen molar-refractivity contribution in [3.8, 4) is 5.75 Å². The Kier molecular flexibility index (Phi) is 2.37. The van der Waals surface area contributed by atoms with E-state index in [4.69, 9.17) is 4.74 Å². The summed E-state index contributed by atoms with van der Waals surface area (Å²) in [5.74, 6) is 1.01. The highest BCUT2D eigenvalue weighted by molar-refractivity contribution is 5.45. The molecule has 2 aromatic carbocycles. The molecule has 1 nitrogen and oxygen atoms in total. The lowest BCUT2D eigenvalue weighted by molar-refractivity contribution is 0.377. The van der Waals surface area contributed by atoms with Crippen molar-refractivity contribution in [1.82, 2.24) is 0 Å². The smallest absolute Gasteiger partial charge is 0.122 e. The summed E-state index contributed by atoms with van der Waals surface area (Å²) in [4.78, 5) is 0. The van der Waals surface area contributed by atoms with E-state index in [-0.39, 0.29) is 0 Å². The standard InChI is InChI=1S/C15H13O/c1-2-4-12(5-3-1)10-13-6-7-15-14(11-13)8-9-16-15/h1-8,11H,9-10H2. The maximum absolute atomic E-state index is 5.45. The Morgan fingerprint density at radius 3 is 2.69 bits per heavy atom. The Bertz CT molecular complexity index is 488. The van der Waals surface area contributed by atoms with Crippen LogP contribution in [0, 0.1) is 6.42 Å². The van der Waals surface area contributed by atoms with Crippen molar-refractivity contribution in [2.45, 2.75) is 6.42 Å². The Hall–Kier alpha value is -1.76. The molecule has 0 saturated heterocycles. The van der Waals surface area contributed by atoms with E-state index in [1.807, 2.05) is 6.07 Å². The summed E-state index contributed by atoms with van der Waals surface area (Å²) in [6, 6.07) is 17.0. The first-order valence-electron chi connectivity index (χ1n) is 5.55. The van der Waals surface area contributed by atoms with Crippen LogP contribution in [0.15, 0.2) is 48.5 Å². The van der Waals surface area contributed by atoms with Crippen molar-refractivity contribution in [1.29, 1.82) is 0 Å². The zero-order valence-electron chi connectivity index (χ0n) is 9.02. The molecule has 1 radical (unpaired) electrons. The van der Waals surface area contributed by atoms with Gasteiger partial charge < -0.3 is 4.74 Å². The van der Waals surface area contributed by atoms with Gasteiger partial charge in [0.1, 0.15) is 5.75 Å². The van der Waals surface area contributed by atoms with E-state index in [0.717, 1.165) is 12.2 Å². The lowest BCUT2D eigenvalue weighted by Crippen LogP contribution is -1.88. The van der Waals surface area contributed by atoms with Crippen molar-refractivity contribution < 1.29 is 4.74 Å². The second-order valence-electron chi connectivity index (χ2n) is 4.05. The topological polar surface area (TPSA) is 9.23 Å². The average Bonchev–Trinajstić information content (AvgIpc) is 2.77. The summed E-state index contributed by atoms with van der Waals surface area (Å²) in [6.45, 7) is 0.712. The molecule has 0 spiro atoms. The molecule has 1 aliphatic rings. The molecule has 1 heterocycles. The summed E-state index contributed by atoms with van der Waals surface area (Å²) < 4.78 is 5.45. The zero-order chi connectivity index (χ0) is 10.8. The molecular weight excluding hydrogens is 196 g/mol. The van der Waals surface area contributed by atoms with Crippen LogP contribution in [0.1, 0.15) is 16.7 Å². The number of fused-ring (bicyclic) bond motifs is 1. The predicted molar refractivity (Wildman–Crippen MR) is 64.6 cm³/mol. The van der Waals surface area contributed by atoms with E-state index in [1.165, 1.54) is 16.7 Å². The van der Waals surface area contributed by atoms with Crippen molar-refractivity contribution >= 4 is 0 Å². The first-order valence-corrected chi connectivity index (χ1v) is 5.55. The minimum absolute atomic E-state index is 0.712. The Labute approximate surface area is 95.7 Å². The fraction of sp³-hybridized carbons (Fsp3) is 0.133. The van der Waals surface area contributed by atoms with Crippen LogP contribution in [0.4, 0.5) is 0 Å². The largest absolute Gasteiger partial charge is 0.493 e. The first-order chi connectivity index (χ1) is 7.92. The minimum atomic E-state index is 0.712. The minimum Gasteiger partial charge on any atom is -0.493 e. The van der Waals surface area contributed by atoms with Gasteiger partial charge in [0.05, 0.1) is 6.61 Å². The van der Waals surface area contributed by atoms with Crippen LogP contribution in [-0.4, -0.2) is 6.61 Å². The van der Waals surface area contributed by atoms with Gasteiger partial charge >= 0.3 is 0 Å². The van der Waals surface area contributed by atoms with E-state index >= 15 is 0 Å². The van der Waals surface area contributed by atoms with Crippen LogP contribution < -0.4 is 4.74 Å². The highest BCUT2D eigenvalue weighted by atomic mass is 16.5. The average molecular weight is 209 g/mol. The molecule has 0 atom stereocenters. The summed E-state index contributed by atoms with van der Waals surface area (Å²) >= 11 is 0. The maximum atomic E-state index is 5.45. The lowest BCUT2D eigenvalue weighted by Gasteiger charge is -2.04. The van der Waals surface area contributed by atoms with Crippen molar-refractivity contribution in [2.24, 2.45) is 0 Å². The molecule has 1 heteroatoms. The van der Waals surface area contributed by atoms with E-state index in [0.29, 0.717) is 6.61 Å². The van der Waals surface area contributed by atoms with Gasteiger partial charge in [-0.3, -0.25) is 0 Å². The zero-order valence-corrected chi connectivity index (χ0v) is 9.02. The molecule has 0 amide bonds. The van der Waals surface area contributed by atoms with Crippen molar-refractivity contribution in [3.05, 3.63) is 71.6 Å². The van der Waals surface area contributed by atoms with Gasteiger partial charge in [-0.05, 0) is 23.6 Å². The number of rotatable bonds is 2. The Balaban J connectivity index is 1.86. The van der Waals surface area contributed by atoms with Gasteiger partial charge in [-0.15, -0.1) is 0 Å². The highest BCUT2D eigenvalue weighted by Gasteiger charge is 2.12. The van der Waals surface area contributed by atoms with E-state index in [1.54, 1.807) is 0 Å². The molecule has 0 N–H and O–H groups in total. The van der Waals surface area contributed by atoms with Crippen LogP contribution in [0.5, 0.6) is 5.75 Å². The van der Waals surface area contributed by atoms with E-state index in [9.17, 15) is 0 Å². The van der Waals surface area contributed by atoms with Gasteiger partial charge in [0.15, 0.2) is 0 Å². The Morgan fingerprint density at radius 2 is 1.81 bits per heavy atom. The number of ether oxygens (including phenoxy) is 1. The third-order valence-corrected chi connectivity index (χ3v) is 2.87. The molecule has 0 bridgehead atoms. The number of benzene rings is 2. The summed E-state index contributed by atoms with van der Waals surface area (Å²) in [5, 5.41) is 0. The van der Waals surface area contributed by atoms with Crippen LogP contribution in [-0.2, 0) is 6.42 Å². The monoisotopic (exact) mass is 209 g/mol. The SMILES string of the molecule is [CH]1COc2ccc(Cc3ccccc3)cc21. The van der Waals surface area contributed by atoms with E-state index < -0.39 is 0 Å². The van der Waals surface area contributed by atoms with E-state index in [2.05, 4.69) is 48.9 Å². The normalized spacial score (nSPS) is 13.2. The van der Waals surface area contributed by atoms with Crippen molar-refractivity contribution in [2.75, 3.05) is 6.61 Å². The second kappa shape index (κ2) is 4.01. The van der Waals surface area contributed by atoms with Crippen LogP contribution in [0.2, 0.25) is 0 Å². The highest BCUT2D eigenvalue weighted by Crippen LogP contribution is 2.27. The molecule has 0 saturated carbocycles. The number of hydrogen-bond donors (Lipinski definition) is 0. The first kappa shape index (κ1) is 9.46. The van der Waals surface area contributed by atoms with Crippen LogP contribution in [0.25, 0.3) is 0 Å². The molecule has 3 rings (SSSR count). The molecule has 2 aromatic rings. The second-order valence-corrected chi connectivity index (χ2v) is 4.05. The maximum Gasteiger partial charge on any atom is 0.122 e. The predicted octanol–water partition coefficient (Wildman–Crippen LogP) is 3.22. The van der Waals surface area contributed by atoms with Gasteiger partial charge in [0, 0.05) is 12.0 Å². The molecular formula is C15H13O. The Morgan fingerprint density at radius 1 is 0.938 bits per heavy atom. The van der Waals surface area contributed by atoms with Gasteiger partial charge in [0.25, 0.3) is 0 Å². The van der Waals surface area contributed by atoms with Crippen molar-refractivity contribution in [3.63, 3.8) is 0 Å². The summed E-state index contributed by atoms with van der Waals surface area (Å²) in [7, 11) is 0. The molecule has 1 aliphatic heterocycles. The third kappa shape index (κ3) is 1.81. The number of hydrogen-bond acceptors (Lipinski definition) is 1. The van der Waals surface area contributed by atoms with Gasteiger partial charge in [0.2, 0.25) is 0 Å². The molecule has 0 unspecified atom stereocenters. The molecule has 0 aromatic heterocycles.